The molecule has 0 fully saturated rings. The largest absolute Gasteiger partial charge is 0.310 e. The molecule has 0 aliphatic carbocycles. The van der Waals surface area contributed by atoms with E-state index in [1.165, 1.54) is 0 Å². The topological polar surface area (TPSA) is 66.5 Å². The van der Waals surface area contributed by atoms with Crippen LogP contribution in [0.2, 0.25) is 0 Å². The van der Waals surface area contributed by atoms with Gasteiger partial charge in [0, 0.05) is 7.05 Å². The molecule has 96 valence electrons. The standard InChI is InChI=1S/C12H10N4OS2/c1-16-8(9-3-2-6-19-9)5-4-7(11(16)17)10-13-12(18)15-14-10/h2-6H,1H3,(H2,13,14,15,18). The van der Waals surface area contributed by atoms with Gasteiger partial charge in [-0.1, -0.05) is 6.07 Å². The Hall–Kier alpha value is -1.99. The maximum absolute atomic E-state index is 12.4. The van der Waals surface area contributed by atoms with Gasteiger partial charge < -0.3 is 4.57 Å². The quantitative estimate of drug-likeness (QED) is 0.713. The molecule has 0 saturated heterocycles. The molecule has 0 radical (unpaired) electrons. The van der Waals surface area contributed by atoms with Gasteiger partial charge in [-0.2, -0.15) is 4.98 Å². The second-order valence-corrected chi connectivity index (χ2v) is 5.32. The highest BCUT2D eigenvalue weighted by atomic mass is 32.1. The van der Waals surface area contributed by atoms with Gasteiger partial charge in [-0.05, 0) is 35.8 Å². The number of aromatic nitrogens is 4. The van der Waals surface area contributed by atoms with Gasteiger partial charge in [0.25, 0.3) is 5.56 Å². The molecular weight excluding hydrogens is 280 g/mol. The number of pyridine rings is 1. The molecule has 19 heavy (non-hydrogen) atoms. The van der Waals surface area contributed by atoms with Gasteiger partial charge >= 0.3 is 0 Å². The van der Waals surface area contributed by atoms with Crippen molar-refractivity contribution in [2.75, 3.05) is 0 Å². The minimum atomic E-state index is -0.108. The molecule has 0 spiro atoms. The molecule has 0 aliphatic heterocycles. The minimum Gasteiger partial charge on any atom is -0.310 e. The first-order valence-electron chi connectivity index (χ1n) is 5.56. The van der Waals surface area contributed by atoms with Crippen LogP contribution in [0.3, 0.4) is 0 Å². The number of hydrogen-bond donors (Lipinski definition) is 2. The maximum Gasteiger partial charge on any atom is 0.261 e. The number of hydrogen-bond acceptors (Lipinski definition) is 4. The fourth-order valence-corrected chi connectivity index (χ4v) is 2.81. The van der Waals surface area contributed by atoms with E-state index in [0.717, 1.165) is 10.6 Å². The Bertz CT molecular complexity index is 826. The van der Waals surface area contributed by atoms with Crippen LogP contribution >= 0.6 is 23.6 Å². The lowest BCUT2D eigenvalue weighted by Gasteiger charge is -2.07. The molecule has 0 atom stereocenters. The van der Waals surface area contributed by atoms with Gasteiger partial charge in [-0.3, -0.25) is 15.0 Å². The molecule has 0 aliphatic rings. The smallest absolute Gasteiger partial charge is 0.261 e. The first kappa shape index (κ1) is 12.1. The van der Waals surface area contributed by atoms with Crippen LogP contribution in [0.25, 0.3) is 22.0 Å². The van der Waals surface area contributed by atoms with Crippen molar-refractivity contribution in [3.63, 3.8) is 0 Å². The summed E-state index contributed by atoms with van der Waals surface area (Å²) in [6.45, 7) is 0. The van der Waals surface area contributed by atoms with Crippen LogP contribution in [0.5, 0.6) is 0 Å². The molecule has 0 unspecified atom stereocenters. The highest BCUT2D eigenvalue weighted by Gasteiger charge is 2.11. The molecule has 0 aromatic carbocycles. The normalized spacial score (nSPS) is 10.8. The Morgan fingerprint density at radius 1 is 1.32 bits per heavy atom. The van der Waals surface area contributed by atoms with Crippen LogP contribution in [0.4, 0.5) is 0 Å². The summed E-state index contributed by atoms with van der Waals surface area (Å²) in [4.78, 5) is 17.5. The van der Waals surface area contributed by atoms with Crippen LogP contribution in [0.15, 0.2) is 34.4 Å². The third-order valence-electron chi connectivity index (χ3n) is 2.83. The third-order valence-corrected chi connectivity index (χ3v) is 3.92. The Balaban J connectivity index is 2.19. The maximum atomic E-state index is 12.4. The van der Waals surface area contributed by atoms with Crippen LogP contribution in [0, 0.1) is 4.77 Å². The lowest BCUT2D eigenvalue weighted by Crippen LogP contribution is -2.20. The summed E-state index contributed by atoms with van der Waals surface area (Å²) in [6, 6.07) is 7.62. The molecule has 3 heterocycles. The zero-order valence-corrected chi connectivity index (χ0v) is 11.6. The Morgan fingerprint density at radius 3 is 2.79 bits per heavy atom. The Kier molecular flexibility index (Phi) is 2.92. The average Bonchev–Trinajstić information content (AvgIpc) is 3.04. The minimum absolute atomic E-state index is 0.108. The molecule has 7 heteroatoms. The molecular formula is C12H10N4OS2. The van der Waals surface area contributed by atoms with E-state index in [-0.39, 0.29) is 5.56 Å². The summed E-state index contributed by atoms with van der Waals surface area (Å²) in [5.74, 6) is 0.461. The SMILES string of the molecule is Cn1c(-c2cccs2)ccc(-c2nc(=S)[nH][nH]2)c1=O. The van der Waals surface area contributed by atoms with E-state index in [1.807, 2.05) is 23.6 Å². The van der Waals surface area contributed by atoms with E-state index in [4.69, 9.17) is 12.2 Å². The van der Waals surface area contributed by atoms with Crippen molar-refractivity contribution >= 4 is 23.6 Å². The van der Waals surface area contributed by atoms with Gasteiger partial charge in [0.1, 0.15) is 0 Å². The first-order chi connectivity index (χ1) is 9.16. The number of rotatable bonds is 2. The van der Waals surface area contributed by atoms with Crippen LogP contribution in [0.1, 0.15) is 0 Å². The number of aromatic amines is 2. The van der Waals surface area contributed by atoms with E-state index in [1.54, 1.807) is 29.0 Å². The van der Waals surface area contributed by atoms with E-state index < -0.39 is 0 Å². The van der Waals surface area contributed by atoms with E-state index in [9.17, 15) is 4.79 Å². The van der Waals surface area contributed by atoms with Crippen molar-refractivity contribution in [3.8, 4) is 22.0 Å². The fourth-order valence-electron chi connectivity index (χ4n) is 1.89. The molecule has 0 amide bonds. The lowest BCUT2D eigenvalue weighted by atomic mass is 10.2. The summed E-state index contributed by atoms with van der Waals surface area (Å²) < 4.78 is 1.95. The van der Waals surface area contributed by atoms with Crippen molar-refractivity contribution in [3.05, 3.63) is 44.8 Å². The summed E-state index contributed by atoms with van der Waals surface area (Å²) in [5.41, 5.74) is 1.27. The second kappa shape index (κ2) is 4.60. The fraction of sp³-hybridized carbons (Fsp3) is 0.0833. The van der Waals surface area contributed by atoms with Crippen molar-refractivity contribution in [2.45, 2.75) is 0 Å². The first-order valence-corrected chi connectivity index (χ1v) is 6.84. The highest BCUT2D eigenvalue weighted by molar-refractivity contribution is 7.71. The summed E-state index contributed by atoms with van der Waals surface area (Å²) in [7, 11) is 1.75. The van der Waals surface area contributed by atoms with Crippen LogP contribution in [-0.2, 0) is 7.05 Å². The Labute approximate surface area is 117 Å². The molecule has 5 nitrogen and oxygen atoms in total. The summed E-state index contributed by atoms with van der Waals surface area (Å²) in [6.07, 6.45) is 0. The molecule has 2 N–H and O–H groups in total. The number of thiophene rings is 1. The Morgan fingerprint density at radius 2 is 2.16 bits per heavy atom. The monoisotopic (exact) mass is 290 g/mol. The van der Waals surface area contributed by atoms with Gasteiger partial charge in [0.2, 0.25) is 4.77 Å². The van der Waals surface area contributed by atoms with Crippen LogP contribution < -0.4 is 5.56 Å². The molecule has 3 aromatic rings. The highest BCUT2D eigenvalue weighted by Crippen LogP contribution is 2.24. The molecule has 0 saturated carbocycles. The summed E-state index contributed by atoms with van der Waals surface area (Å²) >= 11 is 6.49. The van der Waals surface area contributed by atoms with Crippen molar-refractivity contribution in [1.82, 2.24) is 19.7 Å². The van der Waals surface area contributed by atoms with E-state index in [2.05, 4.69) is 15.2 Å². The predicted octanol–water partition coefficient (Wildman–Crippen LogP) is 2.56. The van der Waals surface area contributed by atoms with E-state index >= 15 is 0 Å². The number of nitrogens with zero attached hydrogens (tertiary/aromatic N) is 2. The van der Waals surface area contributed by atoms with Crippen molar-refractivity contribution < 1.29 is 0 Å². The van der Waals surface area contributed by atoms with Gasteiger partial charge in [-0.15, -0.1) is 11.3 Å². The lowest BCUT2D eigenvalue weighted by molar-refractivity contribution is 0.872. The predicted molar refractivity (Wildman–Crippen MR) is 77.8 cm³/mol. The average molecular weight is 290 g/mol. The van der Waals surface area contributed by atoms with Crippen LogP contribution in [-0.4, -0.2) is 19.7 Å². The molecule has 0 bridgehead atoms. The number of H-pyrrole nitrogens is 2. The zero-order valence-electron chi connectivity index (χ0n) is 10.0. The van der Waals surface area contributed by atoms with Crippen molar-refractivity contribution in [1.29, 1.82) is 0 Å². The van der Waals surface area contributed by atoms with Gasteiger partial charge in [0.15, 0.2) is 5.82 Å². The third kappa shape index (κ3) is 2.06. The molecule has 3 aromatic heterocycles. The molecule has 3 rings (SSSR count). The number of nitrogens with one attached hydrogen (secondary N) is 2. The van der Waals surface area contributed by atoms with E-state index in [0.29, 0.717) is 16.2 Å². The van der Waals surface area contributed by atoms with Gasteiger partial charge in [0.05, 0.1) is 16.1 Å². The van der Waals surface area contributed by atoms with Gasteiger partial charge in [-0.25, -0.2) is 0 Å². The zero-order chi connectivity index (χ0) is 13.4. The second-order valence-electron chi connectivity index (χ2n) is 3.99. The summed E-state index contributed by atoms with van der Waals surface area (Å²) in [5, 5.41) is 7.47. The van der Waals surface area contributed by atoms with Crippen molar-refractivity contribution in [2.24, 2.45) is 7.05 Å².